The van der Waals surface area contributed by atoms with Crippen molar-refractivity contribution in [2.24, 2.45) is 0 Å². The van der Waals surface area contributed by atoms with Crippen LogP contribution in [-0.2, 0) is 4.74 Å². The van der Waals surface area contributed by atoms with Gasteiger partial charge in [-0.2, -0.15) is 0 Å². The van der Waals surface area contributed by atoms with Crippen molar-refractivity contribution in [2.75, 3.05) is 39.2 Å². The molecule has 1 aliphatic heterocycles. The van der Waals surface area contributed by atoms with Crippen LogP contribution in [0.1, 0.15) is 25.3 Å². The molecule has 0 spiro atoms. The number of hydrogen-bond acceptors (Lipinski definition) is 4. The Morgan fingerprint density at radius 2 is 2.04 bits per heavy atom. The van der Waals surface area contributed by atoms with Crippen molar-refractivity contribution >= 4 is 11.7 Å². The Labute approximate surface area is 137 Å². The van der Waals surface area contributed by atoms with Crippen LogP contribution in [0.4, 0.5) is 10.5 Å². The van der Waals surface area contributed by atoms with Crippen LogP contribution in [0.2, 0.25) is 0 Å². The van der Waals surface area contributed by atoms with Gasteiger partial charge in [0.05, 0.1) is 20.3 Å². The molecule has 1 fully saturated rings. The molecular weight excluding hydrogens is 296 g/mol. The fourth-order valence-electron chi connectivity index (χ4n) is 2.70. The SMILES string of the molecule is CCN(C[C@H]1CCCO1)C(=O)Nc1cc(OC)c(OC)cc1C. The number of carbonyl (C=O) groups excluding carboxylic acids is 1. The van der Waals surface area contributed by atoms with E-state index in [4.69, 9.17) is 14.2 Å². The lowest BCUT2D eigenvalue weighted by molar-refractivity contribution is 0.0849. The summed E-state index contributed by atoms with van der Waals surface area (Å²) in [4.78, 5) is 14.3. The number of carbonyl (C=O) groups is 1. The first-order valence-corrected chi connectivity index (χ1v) is 7.99. The number of hydrogen-bond donors (Lipinski definition) is 1. The summed E-state index contributed by atoms with van der Waals surface area (Å²) in [5, 5.41) is 2.96. The number of aryl methyl sites for hydroxylation is 1. The van der Waals surface area contributed by atoms with Crippen LogP contribution in [0.15, 0.2) is 12.1 Å². The van der Waals surface area contributed by atoms with Gasteiger partial charge >= 0.3 is 6.03 Å². The smallest absolute Gasteiger partial charge is 0.321 e. The van der Waals surface area contributed by atoms with Crippen molar-refractivity contribution in [3.8, 4) is 11.5 Å². The van der Waals surface area contributed by atoms with E-state index in [1.165, 1.54) is 0 Å². The van der Waals surface area contributed by atoms with Crippen molar-refractivity contribution in [3.63, 3.8) is 0 Å². The third-order valence-corrected chi connectivity index (χ3v) is 4.09. The molecule has 0 aliphatic carbocycles. The fraction of sp³-hybridized carbons (Fsp3) is 0.588. The molecule has 0 radical (unpaired) electrons. The number of likely N-dealkylation sites (N-methyl/N-ethyl adjacent to an activating group) is 1. The second-order valence-electron chi connectivity index (χ2n) is 5.63. The molecule has 1 aromatic rings. The molecule has 1 atom stereocenters. The molecule has 23 heavy (non-hydrogen) atoms. The van der Waals surface area contributed by atoms with Crippen molar-refractivity contribution in [1.82, 2.24) is 4.90 Å². The van der Waals surface area contributed by atoms with E-state index in [-0.39, 0.29) is 12.1 Å². The van der Waals surface area contributed by atoms with Gasteiger partial charge in [-0.05, 0) is 38.3 Å². The third kappa shape index (κ3) is 4.28. The number of rotatable bonds is 6. The predicted molar refractivity (Wildman–Crippen MR) is 89.5 cm³/mol. The number of anilines is 1. The summed E-state index contributed by atoms with van der Waals surface area (Å²) < 4.78 is 16.2. The summed E-state index contributed by atoms with van der Waals surface area (Å²) >= 11 is 0. The molecule has 1 N–H and O–H groups in total. The lowest BCUT2D eigenvalue weighted by atomic mass is 10.1. The van der Waals surface area contributed by atoms with Crippen LogP contribution in [0.3, 0.4) is 0 Å². The summed E-state index contributed by atoms with van der Waals surface area (Å²) in [6.45, 7) is 5.94. The third-order valence-electron chi connectivity index (χ3n) is 4.09. The molecule has 1 saturated heterocycles. The van der Waals surface area contributed by atoms with E-state index in [9.17, 15) is 4.79 Å². The van der Waals surface area contributed by atoms with Gasteiger partial charge < -0.3 is 24.4 Å². The monoisotopic (exact) mass is 322 g/mol. The molecule has 0 aromatic heterocycles. The predicted octanol–water partition coefficient (Wildman–Crippen LogP) is 3.05. The van der Waals surface area contributed by atoms with E-state index in [1.54, 1.807) is 25.2 Å². The van der Waals surface area contributed by atoms with E-state index < -0.39 is 0 Å². The number of amides is 2. The average molecular weight is 322 g/mol. The second kappa shape index (κ2) is 8.06. The van der Waals surface area contributed by atoms with Gasteiger partial charge in [0.2, 0.25) is 0 Å². The number of nitrogens with one attached hydrogen (secondary N) is 1. The van der Waals surface area contributed by atoms with Crippen molar-refractivity contribution in [3.05, 3.63) is 17.7 Å². The summed E-state index contributed by atoms with van der Waals surface area (Å²) in [6, 6.07) is 3.51. The van der Waals surface area contributed by atoms with Crippen LogP contribution in [0, 0.1) is 6.92 Å². The van der Waals surface area contributed by atoms with Gasteiger partial charge in [-0.1, -0.05) is 0 Å². The fourth-order valence-corrected chi connectivity index (χ4v) is 2.70. The van der Waals surface area contributed by atoms with Gasteiger partial charge in [-0.3, -0.25) is 0 Å². The van der Waals surface area contributed by atoms with Gasteiger partial charge in [0, 0.05) is 31.5 Å². The van der Waals surface area contributed by atoms with Crippen LogP contribution in [0.5, 0.6) is 11.5 Å². The Hall–Kier alpha value is -1.95. The molecule has 1 aliphatic rings. The molecular formula is C17H26N2O4. The minimum atomic E-state index is -0.127. The Morgan fingerprint density at radius 3 is 2.61 bits per heavy atom. The van der Waals surface area contributed by atoms with Gasteiger partial charge in [-0.25, -0.2) is 4.79 Å². The van der Waals surface area contributed by atoms with Gasteiger partial charge in [0.1, 0.15) is 0 Å². The summed E-state index contributed by atoms with van der Waals surface area (Å²) in [5.74, 6) is 1.24. The molecule has 2 amide bonds. The molecule has 1 aromatic carbocycles. The average Bonchev–Trinajstić information content (AvgIpc) is 3.06. The standard InChI is InChI=1S/C17H26N2O4/c1-5-19(11-13-7-6-8-23-13)17(20)18-14-10-16(22-4)15(21-3)9-12(14)2/h9-10,13H,5-8,11H2,1-4H3,(H,18,20)/t13-/m1/s1. The van der Waals surface area contributed by atoms with Gasteiger partial charge in [0.15, 0.2) is 11.5 Å². The van der Waals surface area contributed by atoms with Gasteiger partial charge in [0.25, 0.3) is 0 Å². The Kier molecular flexibility index (Phi) is 6.10. The van der Waals surface area contributed by atoms with E-state index >= 15 is 0 Å². The number of benzene rings is 1. The van der Waals surface area contributed by atoms with E-state index in [2.05, 4.69) is 5.32 Å². The molecule has 0 unspecified atom stereocenters. The first-order valence-electron chi connectivity index (χ1n) is 7.99. The molecule has 2 rings (SSSR count). The topological polar surface area (TPSA) is 60.0 Å². The summed E-state index contributed by atoms with van der Waals surface area (Å²) in [7, 11) is 3.17. The molecule has 6 heteroatoms. The highest BCUT2D eigenvalue weighted by Gasteiger charge is 2.22. The van der Waals surface area contributed by atoms with Crippen molar-refractivity contribution in [2.45, 2.75) is 32.8 Å². The zero-order chi connectivity index (χ0) is 16.8. The van der Waals surface area contributed by atoms with E-state index in [0.717, 1.165) is 30.7 Å². The molecule has 0 bridgehead atoms. The highest BCUT2D eigenvalue weighted by atomic mass is 16.5. The number of ether oxygens (including phenoxy) is 3. The molecule has 6 nitrogen and oxygen atoms in total. The second-order valence-corrected chi connectivity index (χ2v) is 5.63. The zero-order valence-electron chi connectivity index (χ0n) is 14.3. The van der Waals surface area contributed by atoms with Crippen LogP contribution in [0.25, 0.3) is 0 Å². The van der Waals surface area contributed by atoms with Crippen LogP contribution in [-0.4, -0.2) is 51.0 Å². The molecule has 0 saturated carbocycles. The maximum Gasteiger partial charge on any atom is 0.321 e. The highest BCUT2D eigenvalue weighted by Crippen LogP contribution is 2.33. The minimum absolute atomic E-state index is 0.127. The minimum Gasteiger partial charge on any atom is -0.493 e. The van der Waals surface area contributed by atoms with Crippen molar-refractivity contribution in [1.29, 1.82) is 0 Å². The summed E-state index contributed by atoms with van der Waals surface area (Å²) in [6.07, 6.45) is 2.23. The largest absolute Gasteiger partial charge is 0.493 e. The molecule has 128 valence electrons. The van der Waals surface area contributed by atoms with E-state index in [1.807, 2.05) is 19.9 Å². The van der Waals surface area contributed by atoms with Crippen molar-refractivity contribution < 1.29 is 19.0 Å². The number of nitrogens with zero attached hydrogens (tertiary/aromatic N) is 1. The number of urea groups is 1. The van der Waals surface area contributed by atoms with E-state index in [0.29, 0.717) is 24.6 Å². The Balaban J connectivity index is 2.08. The first kappa shape index (κ1) is 17.4. The first-order chi connectivity index (χ1) is 11.1. The number of methoxy groups -OCH3 is 2. The van der Waals surface area contributed by atoms with Gasteiger partial charge in [-0.15, -0.1) is 0 Å². The van der Waals surface area contributed by atoms with Crippen LogP contribution >= 0.6 is 0 Å². The Bertz CT molecular complexity index is 542. The Morgan fingerprint density at radius 1 is 1.35 bits per heavy atom. The summed E-state index contributed by atoms with van der Waals surface area (Å²) in [5.41, 5.74) is 1.64. The quantitative estimate of drug-likeness (QED) is 0.874. The normalized spacial score (nSPS) is 17.0. The van der Waals surface area contributed by atoms with Crippen LogP contribution < -0.4 is 14.8 Å². The molecule has 1 heterocycles. The lowest BCUT2D eigenvalue weighted by Crippen LogP contribution is -2.40. The maximum absolute atomic E-state index is 12.5. The zero-order valence-corrected chi connectivity index (χ0v) is 14.3. The highest BCUT2D eigenvalue weighted by molar-refractivity contribution is 5.90. The lowest BCUT2D eigenvalue weighted by Gasteiger charge is -2.25. The maximum atomic E-state index is 12.5.